The summed E-state index contributed by atoms with van der Waals surface area (Å²) in [7, 11) is 9.71. The summed E-state index contributed by atoms with van der Waals surface area (Å²) in [5, 5.41) is 0. The maximum atomic E-state index is 12.4. The quantitative estimate of drug-likeness (QED) is 0.449. The van der Waals surface area contributed by atoms with Crippen molar-refractivity contribution in [2.45, 2.75) is 0 Å². The normalized spacial score (nSPS) is 10.7. The number of methoxy groups -OCH3 is 2. The average Bonchev–Trinajstić information content (AvgIpc) is 2.56. The molecule has 0 aliphatic heterocycles. The van der Waals surface area contributed by atoms with E-state index >= 15 is 0 Å². The molecule has 0 bridgehead atoms. The van der Waals surface area contributed by atoms with Gasteiger partial charge in [0.05, 0.1) is 19.8 Å². The molecular formula is C18H24N2O4. The second-order valence-electron chi connectivity index (χ2n) is 5.44. The molecule has 0 spiro atoms. The number of esters is 2. The van der Waals surface area contributed by atoms with Crippen molar-refractivity contribution in [1.82, 2.24) is 9.80 Å². The number of rotatable bonds is 6. The van der Waals surface area contributed by atoms with Crippen LogP contribution < -0.4 is 0 Å². The maximum absolute atomic E-state index is 12.4. The molecule has 0 unspecified atom stereocenters. The lowest BCUT2D eigenvalue weighted by Crippen LogP contribution is -2.31. The summed E-state index contributed by atoms with van der Waals surface area (Å²) < 4.78 is 9.79. The lowest BCUT2D eigenvalue weighted by molar-refractivity contribution is -0.139. The Morgan fingerprint density at radius 3 is 1.79 bits per heavy atom. The van der Waals surface area contributed by atoms with Crippen LogP contribution in [0.25, 0.3) is 6.08 Å². The fraction of sp³-hybridized carbons (Fsp3) is 0.333. The molecule has 0 atom stereocenters. The third-order valence-electron chi connectivity index (χ3n) is 3.25. The smallest absolute Gasteiger partial charge is 0.342 e. The van der Waals surface area contributed by atoms with Gasteiger partial charge in [-0.2, -0.15) is 0 Å². The van der Waals surface area contributed by atoms with E-state index in [2.05, 4.69) is 0 Å². The Bertz CT molecular complexity index is 636. The molecule has 6 heteroatoms. The molecule has 6 nitrogen and oxygen atoms in total. The van der Waals surface area contributed by atoms with Gasteiger partial charge in [-0.15, -0.1) is 0 Å². The SMILES string of the molecule is COC(=O)C(=C(N(C)C)N(C)C)/C(=C/c1ccccc1)C(=O)OC. The minimum absolute atomic E-state index is 0.132. The molecule has 0 aromatic heterocycles. The van der Waals surface area contributed by atoms with E-state index in [1.165, 1.54) is 14.2 Å². The zero-order chi connectivity index (χ0) is 18.3. The standard InChI is InChI=1S/C18H24N2O4/c1-19(2)16(20(3)4)15(18(22)24-6)14(17(21)23-5)12-13-10-8-7-9-11-13/h7-12H,1-6H3/b14-12-. The van der Waals surface area contributed by atoms with Gasteiger partial charge in [0.1, 0.15) is 11.4 Å². The van der Waals surface area contributed by atoms with Crippen LogP contribution in [0.3, 0.4) is 0 Å². The monoisotopic (exact) mass is 332 g/mol. The van der Waals surface area contributed by atoms with Crippen LogP contribution in [0.15, 0.2) is 47.3 Å². The topological polar surface area (TPSA) is 59.1 Å². The van der Waals surface area contributed by atoms with E-state index in [1.54, 1.807) is 44.1 Å². The average molecular weight is 332 g/mol. The zero-order valence-corrected chi connectivity index (χ0v) is 15.0. The van der Waals surface area contributed by atoms with Gasteiger partial charge in [0.25, 0.3) is 0 Å². The highest BCUT2D eigenvalue weighted by Gasteiger charge is 2.28. The molecule has 130 valence electrons. The molecule has 0 amide bonds. The summed E-state index contributed by atoms with van der Waals surface area (Å²) in [6.07, 6.45) is 1.62. The Balaban J connectivity index is 3.71. The van der Waals surface area contributed by atoms with Crippen LogP contribution in [-0.2, 0) is 19.1 Å². The summed E-state index contributed by atoms with van der Waals surface area (Å²) >= 11 is 0. The largest absolute Gasteiger partial charge is 0.465 e. The van der Waals surface area contributed by atoms with Crippen LogP contribution in [0, 0.1) is 0 Å². The maximum Gasteiger partial charge on any atom is 0.342 e. The van der Waals surface area contributed by atoms with E-state index < -0.39 is 11.9 Å². The van der Waals surface area contributed by atoms with Gasteiger partial charge in [0.2, 0.25) is 0 Å². The van der Waals surface area contributed by atoms with Gasteiger partial charge >= 0.3 is 11.9 Å². The van der Waals surface area contributed by atoms with Crippen molar-refractivity contribution in [3.8, 4) is 0 Å². The summed E-state index contributed by atoms with van der Waals surface area (Å²) in [4.78, 5) is 28.3. The first kappa shape index (κ1) is 19.3. The van der Waals surface area contributed by atoms with Crippen molar-refractivity contribution in [2.24, 2.45) is 0 Å². The summed E-state index contributed by atoms with van der Waals surface area (Å²) in [6.45, 7) is 0. The Kier molecular flexibility index (Phi) is 7.04. The van der Waals surface area contributed by atoms with Crippen LogP contribution >= 0.6 is 0 Å². The second-order valence-corrected chi connectivity index (χ2v) is 5.44. The minimum atomic E-state index is -0.611. The number of carbonyl (C=O) groups excluding carboxylic acids is 2. The predicted molar refractivity (Wildman–Crippen MR) is 92.9 cm³/mol. The number of carbonyl (C=O) groups is 2. The van der Waals surface area contributed by atoms with Gasteiger partial charge in [-0.25, -0.2) is 9.59 Å². The highest BCUT2D eigenvalue weighted by Crippen LogP contribution is 2.23. The summed E-state index contributed by atoms with van der Waals surface area (Å²) in [5.41, 5.74) is 1.05. The predicted octanol–water partition coefficient (Wildman–Crippen LogP) is 1.75. The van der Waals surface area contributed by atoms with Gasteiger partial charge in [-0.05, 0) is 11.6 Å². The van der Waals surface area contributed by atoms with Gasteiger partial charge in [-0.1, -0.05) is 30.3 Å². The molecule has 0 heterocycles. The second kappa shape index (κ2) is 8.76. The number of ether oxygens (including phenoxy) is 2. The number of hydrogen-bond acceptors (Lipinski definition) is 6. The van der Waals surface area contributed by atoms with Crippen LogP contribution in [0.1, 0.15) is 5.56 Å². The van der Waals surface area contributed by atoms with Crippen LogP contribution in [0.2, 0.25) is 0 Å². The molecule has 1 aromatic rings. The molecule has 0 radical (unpaired) electrons. The van der Waals surface area contributed by atoms with E-state index in [1.807, 2.05) is 30.3 Å². The fourth-order valence-corrected chi connectivity index (χ4v) is 2.33. The molecule has 0 N–H and O–H groups in total. The molecule has 24 heavy (non-hydrogen) atoms. The molecular weight excluding hydrogens is 308 g/mol. The Morgan fingerprint density at radius 1 is 0.875 bits per heavy atom. The Labute approximate surface area is 143 Å². The van der Waals surface area contributed by atoms with Crippen LogP contribution in [0.5, 0.6) is 0 Å². The number of hydrogen-bond donors (Lipinski definition) is 0. The first-order valence-corrected chi connectivity index (χ1v) is 7.36. The highest BCUT2D eigenvalue weighted by molar-refractivity contribution is 6.10. The van der Waals surface area contributed by atoms with E-state index in [-0.39, 0.29) is 11.1 Å². The van der Waals surface area contributed by atoms with Crippen LogP contribution in [0.4, 0.5) is 0 Å². The first-order valence-electron chi connectivity index (χ1n) is 7.36. The van der Waals surface area contributed by atoms with Gasteiger partial charge < -0.3 is 19.3 Å². The van der Waals surface area contributed by atoms with Gasteiger partial charge in [0, 0.05) is 28.2 Å². The molecule has 0 saturated carbocycles. The minimum Gasteiger partial charge on any atom is -0.465 e. The number of nitrogens with zero attached hydrogens (tertiary/aromatic N) is 2. The van der Waals surface area contributed by atoms with Crippen LogP contribution in [-0.4, -0.2) is 64.1 Å². The van der Waals surface area contributed by atoms with Crippen molar-refractivity contribution >= 4 is 18.0 Å². The van der Waals surface area contributed by atoms with Crippen molar-refractivity contribution in [3.05, 3.63) is 52.9 Å². The Hall–Kier alpha value is -2.76. The van der Waals surface area contributed by atoms with E-state index in [4.69, 9.17) is 9.47 Å². The summed E-state index contributed by atoms with van der Waals surface area (Å²) in [6, 6.07) is 9.24. The molecule has 0 aliphatic rings. The van der Waals surface area contributed by atoms with E-state index in [0.717, 1.165) is 5.56 Å². The van der Waals surface area contributed by atoms with Crippen molar-refractivity contribution in [2.75, 3.05) is 42.4 Å². The summed E-state index contributed by atoms with van der Waals surface area (Å²) in [5.74, 6) is -0.685. The van der Waals surface area contributed by atoms with Crippen molar-refractivity contribution in [3.63, 3.8) is 0 Å². The lowest BCUT2D eigenvalue weighted by atomic mass is 10.0. The lowest BCUT2D eigenvalue weighted by Gasteiger charge is -2.27. The van der Waals surface area contributed by atoms with Crippen molar-refractivity contribution < 1.29 is 19.1 Å². The van der Waals surface area contributed by atoms with Crippen molar-refractivity contribution in [1.29, 1.82) is 0 Å². The van der Waals surface area contributed by atoms with Gasteiger partial charge in [-0.3, -0.25) is 0 Å². The Morgan fingerprint density at radius 2 is 1.38 bits per heavy atom. The molecule has 0 aliphatic carbocycles. The third-order valence-corrected chi connectivity index (χ3v) is 3.25. The fourth-order valence-electron chi connectivity index (χ4n) is 2.33. The molecule has 1 aromatic carbocycles. The third kappa shape index (κ3) is 4.62. The molecule has 1 rings (SSSR count). The highest BCUT2D eigenvalue weighted by atomic mass is 16.5. The first-order chi connectivity index (χ1) is 11.3. The zero-order valence-electron chi connectivity index (χ0n) is 15.0. The number of benzene rings is 1. The van der Waals surface area contributed by atoms with Gasteiger partial charge in [0.15, 0.2) is 0 Å². The van der Waals surface area contributed by atoms with E-state index in [0.29, 0.717) is 5.82 Å². The molecule has 0 saturated heterocycles. The van der Waals surface area contributed by atoms with E-state index in [9.17, 15) is 9.59 Å². The molecule has 0 fully saturated rings.